The van der Waals surface area contributed by atoms with Crippen molar-refractivity contribution < 1.29 is 9.47 Å². The van der Waals surface area contributed by atoms with Crippen LogP contribution in [0.2, 0.25) is 0 Å². The van der Waals surface area contributed by atoms with Crippen LogP contribution in [0.15, 0.2) is 73.1 Å². The molecule has 1 aliphatic heterocycles. The lowest BCUT2D eigenvalue weighted by atomic mass is 10.00. The molecule has 32 heavy (non-hydrogen) atoms. The van der Waals surface area contributed by atoms with E-state index in [2.05, 4.69) is 60.1 Å². The van der Waals surface area contributed by atoms with Crippen LogP contribution in [0.1, 0.15) is 13.8 Å². The minimum atomic E-state index is 0.233. The molecule has 1 aliphatic rings. The fraction of sp³-hybridized carbons (Fsp3) is 0.259. The van der Waals surface area contributed by atoms with Gasteiger partial charge in [-0.25, -0.2) is 0 Å². The molecule has 5 rings (SSSR count). The van der Waals surface area contributed by atoms with Crippen LogP contribution in [0, 0.1) is 0 Å². The Morgan fingerprint density at radius 3 is 2.34 bits per heavy atom. The van der Waals surface area contributed by atoms with Crippen molar-refractivity contribution in [1.82, 2.24) is 9.97 Å². The molecular formula is C27H27N3O2. The number of ether oxygens (including phenoxy) is 2. The van der Waals surface area contributed by atoms with Gasteiger partial charge in [0.2, 0.25) is 0 Å². The summed E-state index contributed by atoms with van der Waals surface area (Å²) in [5.41, 5.74) is 6.06. The van der Waals surface area contributed by atoms with Crippen molar-refractivity contribution in [3.8, 4) is 28.1 Å². The van der Waals surface area contributed by atoms with Gasteiger partial charge >= 0.3 is 0 Å². The zero-order chi connectivity index (χ0) is 22.1. The zero-order valence-corrected chi connectivity index (χ0v) is 18.7. The molecule has 2 aromatic heterocycles. The number of nitrogens with zero attached hydrogens (tertiary/aromatic N) is 3. The van der Waals surface area contributed by atoms with E-state index in [1.165, 1.54) is 5.69 Å². The Bertz CT molecular complexity index is 1220. The SMILES string of the molecule is COc1c(-c2ccc(N3C[C@@H](C)O[C@@H](C)C3)cc2)cnc2c(-c3ccccn3)cccc12. The van der Waals surface area contributed by atoms with E-state index < -0.39 is 0 Å². The summed E-state index contributed by atoms with van der Waals surface area (Å²) in [5, 5.41) is 0.980. The largest absolute Gasteiger partial charge is 0.495 e. The minimum Gasteiger partial charge on any atom is -0.495 e. The molecule has 0 saturated carbocycles. The van der Waals surface area contributed by atoms with E-state index >= 15 is 0 Å². The third kappa shape index (κ3) is 3.80. The summed E-state index contributed by atoms with van der Waals surface area (Å²) in [5.74, 6) is 0.828. The van der Waals surface area contributed by atoms with Crippen molar-refractivity contribution in [2.24, 2.45) is 0 Å². The summed E-state index contributed by atoms with van der Waals surface area (Å²) in [7, 11) is 1.72. The van der Waals surface area contributed by atoms with Crippen LogP contribution in [0.5, 0.6) is 5.75 Å². The predicted octanol–water partition coefficient (Wildman–Crippen LogP) is 5.59. The van der Waals surface area contributed by atoms with E-state index in [4.69, 9.17) is 14.5 Å². The number of morpholine rings is 1. The number of benzene rings is 2. The molecule has 1 fully saturated rings. The van der Waals surface area contributed by atoms with Crippen LogP contribution in [-0.4, -0.2) is 42.4 Å². The number of para-hydroxylation sites is 1. The van der Waals surface area contributed by atoms with Crippen molar-refractivity contribution in [2.75, 3.05) is 25.1 Å². The Morgan fingerprint density at radius 1 is 0.875 bits per heavy atom. The second-order valence-corrected chi connectivity index (χ2v) is 8.33. The van der Waals surface area contributed by atoms with Gasteiger partial charge in [-0.2, -0.15) is 0 Å². The highest BCUT2D eigenvalue weighted by molar-refractivity contribution is 5.99. The zero-order valence-electron chi connectivity index (χ0n) is 18.7. The highest BCUT2D eigenvalue weighted by Gasteiger charge is 2.22. The predicted molar refractivity (Wildman–Crippen MR) is 129 cm³/mol. The maximum atomic E-state index is 5.89. The molecule has 1 saturated heterocycles. The van der Waals surface area contributed by atoms with E-state index in [0.717, 1.165) is 52.1 Å². The lowest BCUT2D eigenvalue weighted by Gasteiger charge is -2.36. The quantitative estimate of drug-likeness (QED) is 0.427. The Kier molecular flexibility index (Phi) is 5.50. The molecule has 2 aromatic carbocycles. The van der Waals surface area contributed by atoms with Crippen molar-refractivity contribution in [3.05, 3.63) is 73.1 Å². The molecule has 4 aromatic rings. The van der Waals surface area contributed by atoms with Crippen molar-refractivity contribution in [2.45, 2.75) is 26.1 Å². The lowest BCUT2D eigenvalue weighted by molar-refractivity contribution is -0.00521. The Balaban J connectivity index is 1.53. The van der Waals surface area contributed by atoms with Crippen LogP contribution >= 0.6 is 0 Å². The molecule has 0 unspecified atom stereocenters. The second kappa shape index (κ2) is 8.60. The highest BCUT2D eigenvalue weighted by Crippen LogP contribution is 2.39. The maximum Gasteiger partial charge on any atom is 0.137 e. The van der Waals surface area contributed by atoms with Gasteiger partial charge in [0.1, 0.15) is 5.75 Å². The molecule has 2 atom stereocenters. The van der Waals surface area contributed by atoms with Crippen molar-refractivity contribution in [1.29, 1.82) is 0 Å². The van der Waals surface area contributed by atoms with Crippen LogP contribution in [0.3, 0.4) is 0 Å². The Labute approximate surface area is 188 Å². The third-order valence-electron chi connectivity index (χ3n) is 5.96. The molecule has 3 heterocycles. The van der Waals surface area contributed by atoms with Crippen molar-refractivity contribution in [3.63, 3.8) is 0 Å². The molecule has 5 heteroatoms. The van der Waals surface area contributed by atoms with Gasteiger partial charge in [-0.3, -0.25) is 9.97 Å². The number of fused-ring (bicyclic) bond motifs is 1. The lowest BCUT2D eigenvalue weighted by Crippen LogP contribution is -2.45. The summed E-state index contributed by atoms with van der Waals surface area (Å²) in [6, 6.07) is 20.7. The number of aromatic nitrogens is 2. The van der Waals surface area contributed by atoms with Crippen LogP contribution in [0.4, 0.5) is 5.69 Å². The molecular weight excluding hydrogens is 398 g/mol. The first-order chi connectivity index (χ1) is 15.6. The molecule has 5 nitrogen and oxygen atoms in total. The second-order valence-electron chi connectivity index (χ2n) is 8.33. The summed E-state index contributed by atoms with van der Waals surface area (Å²) >= 11 is 0. The average molecular weight is 426 g/mol. The average Bonchev–Trinajstić information content (AvgIpc) is 2.83. The normalized spacial score (nSPS) is 18.7. The third-order valence-corrected chi connectivity index (χ3v) is 5.96. The van der Waals surface area contributed by atoms with Crippen LogP contribution in [-0.2, 0) is 4.74 Å². The number of hydrogen-bond donors (Lipinski definition) is 0. The Hall–Kier alpha value is -3.44. The molecule has 0 bridgehead atoms. The van der Waals surface area contributed by atoms with Gasteiger partial charge in [0.15, 0.2) is 0 Å². The first-order valence-corrected chi connectivity index (χ1v) is 11.0. The van der Waals surface area contributed by atoms with E-state index in [-0.39, 0.29) is 12.2 Å². The molecule has 0 radical (unpaired) electrons. The van der Waals surface area contributed by atoms with E-state index in [1.807, 2.05) is 30.5 Å². The van der Waals surface area contributed by atoms with Gasteiger partial charge < -0.3 is 14.4 Å². The monoisotopic (exact) mass is 425 g/mol. The number of methoxy groups -OCH3 is 1. The summed E-state index contributed by atoms with van der Waals surface area (Å²) in [6.07, 6.45) is 4.17. The number of anilines is 1. The highest BCUT2D eigenvalue weighted by atomic mass is 16.5. The van der Waals surface area contributed by atoms with E-state index in [9.17, 15) is 0 Å². The van der Waals surface area contributed by atoms with Crippen LogP contribution < -0.4 is 9.64 Å². The maximum absolute atomic E-state index is 5.89. The topological polar surface area (TPSA) is 47.5 Å². The van der Waals surface area contributed by atoms with Crippen LogP contribution in [0.25, 0.3) is 33.3 Å². The van der Waals surface area contributed by atoms with Gasteiger partial charge in [0, 0.05) is 47.7 Å². The molecule has 0 spiro atoms. The first kappa shape index (κ1) is 20.5. The van der Waals surface area contributed by atoms with E-state index in [1.54, 1.807) is 13.3 Å². The van der Waals surface area contributed by atoms with Crippen molar-refractivity contribution >= 4 is 16.6 Å². The number of hydrogen-bond acceptors (Lipinski definition) is 5. The number of pyridine rings is 2. The van der Waals surface area contributed by atoms with Gasteiger partial charge in [-0.15, -0.1) is 0 Å². The number of rotatable bonds is 4. The first-order valence-electron chi connectivity index (χ1n) is 11.0. The fourth-order valence-corrected chi connectivity index (χ4v) is 4.59. The molecule has 0 N–H and O–H groups in total. The smallest absolute Gasteiger partial charge is 0.137 e. The standard InChI is InChI=1S/C27H27N3O2/c1-18-16-30(17-19(2)32-18)21-12-10-20(11-13-21)24-15-29-26-22(25-9-4-5-14-28-25)7-6-8-23(26)27(24)31-3/h4-15,18-19H,16-17H2,1-3H3/t18-,19+. The van der Waals surface area contributed by atoms with Gasteiger partial charge in [-0.05, 0) is 49.7 Å². The molecule has 0 amide bonds. The van der Waals surface area contributed by atoms with Gasteiger partial charge in [0.25, 0.3) is 0 Å². The van der Waals surface area contributed by atoms with E-state index in [0.29, 0.717) is 0 Å². The Morgan fingerprint density at radius 2 is 1.66 bits per heavy atom. The van der Waals surface area contributed by atoms with Gasteiger partial charge in [0.05, 0.1) is 30.5 Å². The molecule has 162 valence electrons. The summed E-state index contributed by atoms with van der Waals surface area (Å²) in [6.45, 7) is 6.06. The molecule has 0 aliphatic carbocycles. The summed E-state index contributed by atoms with van der Waals surface area (Å²) in [4.78, 5) is 11.7. The minimum absolute atomic E-state index is 0.233. The summed E-state index contributed by atoms with van der Waals surface area (Å²) < 4.78 is 11.8. The van der Waals surface area contributed by atoms with Gasteiger partial charge in [-0.1, -0.05) is 30.3 Å². The fourth-order valence-electron chi connectivity index (χ4n) is 4.59.